The molecule has 2 N–H and O–H groups in total. The van der Waals surface area contributed by atoms with Crippen molar-refractivity contribution in [3.8, 4) is 0 Å². The lowest BCUT2D eigenvalue weighted by molar-refractivity contribution is 0.0956. The second-order valence-corrected chi connectivity index (χ2v) is 10.1. The van der Waals surface area contributed by atoms with Crippen LogP contribution in [0.5, 0.6) is 0 Å². The van der Waals surface area contributed by atoms with Crippen molar-refractivity contribution < 1.29 is 13.2 Å². The van der Waals surface area contributed by atoms with Crippen molar-refractivity contribution >= 4 is 45.0 Å². The Labute approximate surface area is 192 Å². The summed E-state index contributed by atoms with van der Waals surface area (Å²) in [7, 11) is -3.93. The van der Waals surface area contributed by atoms with Crippen LogP contribution in [0.3, 0.4) is 0 Å². The third-order valence-electron chi connectivity index (χ3n) is 4.39. The van der Waals surface area contributed by atoms with E-state index in [1.165, 1.54) is 29.3 Å². The first-order valence-corrected chi connectivity index (χ1v) is 12.7. The molecule has 0 aliphatic rings. The molecule has 162 valence electrons. The number of aryl methyl sites for hydroxylation is 1. The predicted molar refractivity (Wildman–Crippen MR) is 128 cm³/mol. The van der Waals surface area contributed by atoms with E-state index in [1.807, 2.05) is 6.07 Å². The molecular weight excluding hydrogens is 452 g/mol. The highest BCUT2D eigenvalue weighted by Crippen LogP contribution is 2.25. The fourth-order valence-electron chi connectivity index (χ4n) is 2.90. The molecule has 0 atom stereocenters. The van der Waals surface area contributed by atoms with Gasteiger partial charge in [-0.05, 0) is 42.8 Å². The number of amides is 1. The molecule has 0 unspecified atom stereocenters. The van der Waals surface area contributed by atoms with Crippen LogP contribution in [-0.4, -0.2) is 26.6 Å². The average molecular weight is 475 g/mol. The highest BCUT2D eigenvalue weighted by atomic mass is 35.5. The minimum absolute atomic E-state index is 0.0497. The minimum Gasteiger partial charge on any atom is -0.351 e. The topological polar surface area (TPSA) is 75.3 Å². The fourth-order valence-corrected chi connectivity index (χ4v) is 5.29. The van der Waals surface area contributed by atoms with Crippen LogP contribution in [0, 0.1) is 6.92 Å². The molecule has 0 saturated heterocycles. The first kappa shape index (κ1) is 23.2. The summed E-state index contributed by atoms with van der Waals surface area (Å²) in [4.78, 5) is 12.4. The van der Waals surface area contributed by atoms with Crippen LogP contribution in [0.1, 0.15) is 21.5 Å². The third-order valence-corrected chi connectivity index (χ3v) is 7.29. The largest absolute Gasteiger partial charge is 0.351 e. The Kier molecular flexibility index (Phi) is 8.01. The fraction of sp³-hybridized carbons (Fsp3) is 0.174. The maximum atomic E-state index is 12.7. The number of halogens is 1. The van der Waals surface area contributed by atoms with Gasteiger partial charge in [-0.2, -0.15) is 11.8 Å². The molecule has 0 fully saturated rings. The molecule has 0 saturated carbocycles. The molecule has 31 heavy (non-hydrogen) atoms. The lowest BCUT2D eigenvalue weighted by atomic mass is 10.2. The summed E-state index contributed by atoms with van der Waals surface area (Å²) in [5.74, 6) is 1.27. The molecular formula is C23H23ClN2O3S2. The summed E-state index contributed by atoms with van der Waals surface area (Å²) in [6, 6.07) is 21.0. The standard InChI is InChI=1S/C23H23ClN2O3S2/c1-17-6-5-7-18(14-17)16-30-13-12-25-23(27)19-10-11-21(24)22(15-19)31(28,29)26-20-8-3-2-4-9-20/h2-11,14-15,26H,12-13,16H2,1H3,(H,25,27). The molecule has 0 aliphatic heterocycles. The summed E-state index contributed by atoms with van der Waals surface area (Å²) in [5, 5.41) is 2.88. The molecule has 3 aromatic rings. The van der Waals surface area contributed by atoms with Crippen LogP contribution < -0.4 is 10.0 Å². The van der Waals surface area contributed by atoms with E-state index >= 15 is 0 Å². The number of thioether (sulfide) groups is 1. The van der Waals surface area contributed by atoms with Gasteiger partial charge in [0.05, 0.1) is 5.02 Å². The van der Waals surface area contributed by atoms with Crippen molar-refractivity contribution in [2.75, 3.05) is 17.0 Å². The Morgan fingerprint density at radius 2 is 1.77 bits per heavy atom. The van der Waals surface area contributed by atoms with E-state index in [-0.39, 0.29) is 21.4 Å². The number of carbonyl (C=O) groups excluding carboxylic acids is 1. The summed E-state index contributed by atoms with van der Waals surface area (Å²) in [6.45, 7) is 2.53. The van der Waals surface area contributed by atoms with Gasteiger partial charge in [-0.3, -0.25) is 9.52 Å². The quantitative estimate of drug-likeness (QED) is 0.422. The highest BCUT2D eigenvalue weighted by molar-refractivity contribution is 7.98. The highest BCUT2D eigenvalue weighted by Gasteiger charge is 2.20. The van der Waals surface area contributed by atoms with E-state index < -0.39 is 10.0 Å². The van der Waals surface area contributed by atoms with Crippen molar-refractivity contribution in [1.29, 1.82) is 0 Å². The average Bonchev–Trinajstić information content (AvgIpc) is 2.74. The lowest BCUT2D eigenvalue weighted by Gasteiger charge is -2.11. The molecule has 0 bridgehead atoms. The van der Waals surface area contributed by atoms with Gasteiger partial charge in [0.15, 0.2) is 0 Å². The lowest BCUT2D eigenvalue weighted by Crippen LogP contribution is -2.26. The second-order valence-electron chi connectivity index (χ2n) is 6.91. The number of sulfonamides is 1. The Hall–Kier alpha value is -2.48. The van der Waals surface area contributed by atoms with Crippen molar-refractivity contribution in [2.45, 2.75) is 17.6 Å². The molecule has 8 heteroatoms. The van der Waals surface area contributed by atoms with Crippen molar-refractivity contribution in [3.05, 3.63) is 94.5 Å². The number of nitrogens with one attached hydrogen (secondary N) is 2. The van der Waals surface area contributed by atoms with Gasteiger partial charge < -0.3 is 5.32 Å². The number of carbonyl (C=O) groups is 1. The van der Waals surface area contributed by atoms with Crippen LogP contribution in [0.25, 0.3) is 0 Å². The van der Waals surface area contributed by atoms with Crippen LogP contribution in [0.15, 0.2) is 77.7 Å². The summed E-state index contributed by atoms with van der Waals surface area (Å²) >= 11 is 7.83. The summed E-state index contributed by atoms with van der Waals surface area (Å²) in [5.41, 5.74) is 3.12. The van der Waals surface area contributed by atoms with Gasteiger partial charge in [-0.25, -0.2) is 8.42 Å². The van der Waals surface area contributed by atoms with E-state index in [1.54, 1.807) is 42.1 Å². The Morgan fingerprint density at radius 3 is 2.52 bits per heavy atom. The molecule has 1 amide bonds. The van der Waals surface area contributed by atoms with E-state index in [2.05, 4.69) is 35.2 Å². The van der Waals surface area contributed by atoms with E-state index in [0.717, 1.165) is 11.5 Å². The zero-order valence-electron chi connectivity index (χ0n) is 17.0. The number of hydrogen-bond donors (Lipinski definition) is 2. The van der Waals surface area contributed by atoms with Gasteiger partial charge in [-0.1, -0.05) is 59.6 Å². The molecule has 0 heterocycles. The first-order valence-electron chi connectivity index (χ1n) is 9.64. The number of anilines is 1. The van der Waals surface area contributed by atoms with Crippen LogP contribution >= 0.6 is 23.4 Å². The van der Waals surface area contributed by atoms with E-state index in [4.69, 9.17) is 11.6 Å². The first-order chi connectivity index (χ1) is 14.8. The van der Waals surface area contributed by atoms with Gasteiger partial charge in [0.1, 0.15) is 4.90 Å². The molecule has 3 aromatic carbocycles. The van der Waals surface area contributed by atoms with Crippen molar-refractivity contribution in [3.63, 3.8) is 0 Å². The number of rotatable bonds is 9. The monoisotopic (exact) mass is 474 g/mol. The van der Waals surface area contributed by atoms with Crippen LogP contribution in [-0.2, 0) is 15.8 Å². The van der Waals surface area contributed by atoms with E-state index in [9.17, 15) is 13.2 Å². The van der Waals surface area contributed by atoms with Gasteiger partial charge in [0.2, 0.25) is 0 Å². The smallest absolute Gasteiger partial charge is 0.263 e. The third kappa shape index (κ3) is 6.75. The van der Waals surface area contributed by atoms with Crippen LogP contribution in [0.4, 0.5) is 5.69 Å². The molecule has 0 radical (unpaired) electrons. The normalized spacial score (nSPS) is 11.2. The zero-order chi connectivity index (χ0) is 22.3. The maximum absolute atomic E-state index is 12.7. The Morgan fingerprint density at radius 1 is 1.00 bits per heavy atom. The van der Waals surface area contributed by atoms with Gasteiger partial charge in [0, 0.05) is 29.3 Å². The second kappa shape index (κ2) is 10.7. The number of hydrogen-bond acceptors (Lipinski definition) is 4. The van der Waals surface area contributed by atoms with Gasteiger partial charge in [-0.15, -0.1) is 0 Å². The van der Waals surface area contributed by atoms with Crippen molar-refractivity contribution in [1.82, 2.24) is 5.32 Å². The zero-order valence-corrected chi connectivity index (χ0v) is 19.4. The Bertz CT molecular complexity index is 1150. The van der Waals surface area contributed by atoms with Crippen LogP contribution in [0.2, 0.25) is 5.02 Å². The summed E-state index contributed by atoms with van der Waals surface area (Å²) < 4.78 is 27.9. The van der Waals surface area contributed by atoms with Gasteiger partial charge in [0.25, 0.3) is 15.9 Å². The molecule has 5 nitrogen and oxygen atoms in total. The van der Waals surface area contributed by atoms with E-state index in [0.29, 0.717) is 12.2 Å². The molecule has 3 rings (SSSR count). The number of benzene rings is 3. The van der Waals surface area contributed by atoms with Crippen molar-refractivity contribution in [2.24, 2.45) is 0 Å². The molecule has 0 aliphatic carbocycles. The van der Waals surface area contributed by atoms with Gasteiger partial charge >= 0.3 is 0 Å². The predicted octanol–water partition coefficient (Wildman–Crippen LogP) is 5.11. The molecule has 0 spiro atoms. The molecule has 0 aromatic heterocycles. The number of para-hydroxylation sites is 1. The maximum Gasteiger partial charge on any atom is 0.263 e. The summed E-state index contributed by atoms with van der Waals surface area (Å²) in [6.07, 6.45) is 0. The Balaban J connectivity index is 1.58. The SMILES string of the molecule is Cc1cccc(CSCCNC(=O)c2ccc(Cl)c(S(=O)(=O)Nc3ccccc3)c2)c1. The minimum atomic E-state index is -3.93.